The highest BCUT2D eigenvalue weighted by atomic mass is 16.5. The second kappa shape index (κ2) is 4.55. The molecule has 3 nitrogen and oxygen atoms in total. The van der Waals surface area contributed by atoms with Crippen molar-refractivity contribution in [2.45, 2.75) is 18.8 Å². The van der Waals surface area contributed by atoms with E-state index in [1.54, 1.807) is 0 Å². The lowest BCUT2D eigenvalue weighted by Crippen LogP contribution is -2.35. The molecule has 2 rings (SSSR count). The van der Waals surface area contributed by atoms with Crippen LogP contribution >= 0.6 is 0 Å². The Morgan fingerprint density at radius 3 is 2.71 bits per heavy atom. The molecule has 0 bridgehead atoms. The summed E-state index contributed by atoms with van der Waals surface area (Å²) in [5, 5.41) is 3.21. The highest BCUT2D eigenvalue weighted by Gasteiger charge is 2.23. The summed E-state index contributed by atoms with van der Waals surface area (Å²) >= 11 is 0. The topological polar surface area (TPSA) is 47.3 Å². The Hall–Kier alpha value is -0.900. The van der Waals surface area contributed by atoms with E-state index >= 15 is 0 Å². The number of hydrogen-bond acceptors (Lipinski definition) is 3. The van der Waals surface area contributed by atoms with Gasteiger partial charge in [0.15, 0.2) is 0 Å². The van der Waals surface area contributed by atoms with Crippen molar-refractivity contribution in [3.8, 4) is 0 Å². The van der Waals surface area contributed by atoms with Gasteiger partial charge in [0.25, 0.3) is 0 Å². The van der Waals surface area contributed by atoms with E-state index in [0.29, 0.717) is 6.61 Å². The number of rotatable bonds is 3. The molecule has 1 aliphatic heterocycles. The van der Waals surface area contributed by atoms with E-state index in [2.05, 4.69) is 17.4 Å². The third-order valence-electron chi connectivity index (χ3n) is 2.51. The molecule has 0 unspecified atom stereocenters. The number of hydrogen-bond donors (Lipinski definition) is 2. The summed E-state index contributed by atoms with van der Waals surface area (Å²) in [6, 6.07) is 10.3. The molecule has 1 aromatic rings. The third kappa shape index (κ3) is 2.32. The SMILES string of the molecule is N[C@H]1CNC[C@@H]1OCc1ccccc1. The minimum atomic E-state index is 0.138. The maximum Gasteiger partial charge on any atom is 0.0866 e. The van der Waals surface area contributed by atoms with Gasteiger partial charge in [-0.1, -0.05) is 30.3 Å². The summed E-state index contributed by atoms with van der Waals surface area (Å²) in [4.78, 5) is 0. The molecule has 0 amide bonds. The van der Waals surface area contributed by atoms with Crippen LogP contribution in [0.15, 0.2) is 30.3 Å². The maximum atomic E-state index is 5.86. The Morgan fingerprint density at radius 2 is 2.07 bits per heavy atom. The Labute approximate surface area is 84.3 Å². The lowest BCUT2D eigenvalue weighted by Gasteiger charge is -2.15. The van der Waals surface area contributed by atoms with Crippen LogP contribution in [0, 0.1) is 0 Å². The minimum absolute atomic E-state index is 0.138. The second-order valence-electron chi connectivity index (χ2n) is 3.66. The lowest BCUT2D eigenvalue weighted by atomic mass is 10.2. The first-order valence-electron chi connectivity index (χ1n) is 4.98. The Morgan fingerprint density at radius 1 is 1.29 bits per heavy atom. The van der Waals surface area contributed by atoms with Crippen LogP contribution in [0.5, 0.6) is 0 Å². The van der Waals surface area contributed by atoms with Crippen molar-refractivity contribution in [2.75, 3.05) is 13.1 Å². The largest absolute Gasteiger partial charge is 0.371 e. The van der Waals surface area contributed by atoms with Crippen molar-refractivity contribution in [2.24, 2.45) is 5.73 Å². The molecule has 0 aliphatic carbocycles. The van der Waals surface area contributed by atoms with E-state index in [1.807, 2.05) is 18.2 Å². The van der Waals surface area contributed by atoms with Crippen LogP contribution in [0.1, 0.15) is 5.56 Å². The zero-order valence-corrected chi connectivity index (χ0v) is 8.15. The van der Waals surface area contributed by atoms with E-state index in [1.165, 1.54) is 5.56 Å². The van der Waals surface area contributed by atoms with Crippen LogP contribution in [-0.4, -0.2) is 25.2 Å². The fraction of sp³-hybridized carbons (Fsp3) is 0.455. The molecule has 0 aromatic heterocycles. The third-order valence-corrected chi connectivity index (χ3v) is 2.51. The lowest BCUT2D eigenvalue weighted by molar-refractivity contribution is 0.0447. The molecule has 0 radical (unpaired) electrons. The van der Waals surface area contributed by atoms with Gasteiger partial charge in [0.2, 0.25) is 0 Å². The number of nitrogens with one attached hydrogen (secondary N) is 1. The van der Waals surface area contributed by atoms with E-state index in [-0.39, 0.29) is 12.1 Å². The summed E-state index contributed by atoms with van der Waals surface area (Å²) in [5.41, 5.74) is 7.06. The molecule has 14 heavy (non-hydrogen) atoms. The van der Waals surface area contributed by atoms with Crippen molar-refractivity contribution in [3.63, 3.8) is 0 Å². The van der Waals surface area contributed by atoms with Gasteiger partial charge < -0.3 is 15.8 Å². The van der Waals surface area contributed by atoms with Gasteiger partial charge in [0.1, 0.15) is 0 Å². The zero-order valence-electron chi connectivity index (χ0n) is 8.15. The highest BCUT2D eigenvalue weighted by molar-refractivity contribution is 5.13. The first-order chi connectivity index (χ1) is 6.86. The molecule has 2 atom stereocenters. The molecule has 1 heterocycles. The van der Waals surface area contributed by atoms with Crippen molar-refractivity contribution in [1.29, 1.82) is 0 Å². The molecule has 1 fully saturated rings. The summed E-state index contributed by atoms with van der Waals surface area (Å²) in [6.07, 6.45) is 0.162. The molecule has 1 aromatic carbocycles. The quantitative estimate of drug-likeness (QED) is 0.733. The van der Waals surface area contributed by atoms with Crippen LogP contribution in [0.3, 0.4) is 0 Å². The fourth-order valence-corrected chi connectivity index (χ4v) is 1.64. The molecule has 0 spiro atoms. The number of nitrogens with two attached hydrogens (primary N) is 1. The van der Waals surface area contributed by atoms with Gasteiger partial charge in [-0.25, -0.2) is 0 Å². The molecule has 1 saturated heterocycles. The first kappa shape index (κ1) is 9.65. The second-order valence-corrected chi connectivity index (χ2v) is 3.66. The summed E-state index contributed by atoms with van der Waals surface area (Å²) < 4.78 is 5.71. The standard InChI is InChI=1S/C11H16N2O/c12-10-6-13-7-11(10)14-8-9-4-2-1-3-5-9/h1-5,10-11,13H,6-8,12H2/t10-,11-/m0/s1. The smallest absolute Gasteiger partial charge is 0.0866 e. The Balaban J connectivity index is 1.82. The monoisotopic (exact) mass is 192 g/mol. The van der Waals surface area contributed by atoms with Gasteiger partial charge in [-0.2, -0.15) is 0 Å². The highest BCUT2D eigenvalue weighted by Crippen LogP contribution is 2.07. The number of benzene rings is 1. The predicted octanol–water partition coefficient (Wildman–Crippen LogP) is 0.502. The average Bonchev–Trinajstić information content (AvgIpc) is 2.63. The van der Waals surface area contributed by atoms with Crippen LogP contribution in [-0.2, 0) is 11.3 Å². The van der Waals surface area contributed by atoms with Gasteiger partial charge in [-0.3, -0.25) is 0 Å². The fourth-order valence-electron chi connectivity index (χ4n) is 1.64. The summed E-state index contributed by atoms with van der Waals surface area (Å²) in [5.74, 6) is 0. The van der Waals surface area contributed by atoms with Crippen molar-refractivity contribution in [3.05, 3.63) is 35.9 Å². The van der Waals surface area contributed by atoms with Gasteiger partial charge in [-0.05, 0) is 5.56 Å². The Kier molecular flexibility index (Phi) is 3.14. The molecule has 3 heteroatoms. The Bertz CT molecular complexity index is 276. The number of ether oxygens (including phenoxy) is 1. The van der Waals surface area contributed by atoms with Gasteiger partial charge in [0, 0.05) is 19.1 Å². The van der Waals surface area contributed by atoms with Crippen LogP contribution in [0.4, 0.5) is 0 Å². The van der Waals surface area contributed by atoms with Crippen LogP contribution in [0.2, 0.25) is 0 Å². The van der Waals surface area contributed by atoms with E-state index in [4.69, 9.17) is 10.5 Å². The van der Waals surface area contributed by atoms with Crippen molar-refractivity contribution >= 4 is 0 Å². The molecule has 3 N–H and O–H groups in total. The molecule has 0 saturated carbocycles. The molecular weight excluding hydrogens is 176 g/mol. The van der Waals surface area contributed by atoms with Gasteiger partial charge in [0.05, 0.1) is 12.7 Å². The molecule has 76 valence electrons. The normalized spacial score (nSPS) is 26.6. The average molecular weight is 192 g/mol. The molecular formula is C11H16N2O. The van der Waals surface area contributed by atoms with Crippen LogP contribution < -0.4 is 11.1 Å². The van der Waals surface area contributed by atoms with Crippen molar-refractivity contribution in [1.82, 2.24) is 5.32 Å². The summed E-state index contributed by atoms with van der Waals surface area (Å²) in [6.45, 7) is 2.38. The van der Waals surface area contributed by atoms with Crippen LogP contribution in [0.25, 0.3) is 0 Å². The van der Waals surface area contributed by atoms with Gasteiger partial charge in [-0.15, -0.1) is 0 Å². The van der Waals surface area contributed by atoms with Crippen molar-refractivity contribution < 1.29 is 4.74 Å². The molecule has 1 aliphatic rings. The van der Waals surface area contributed by atoms with E-state index in [9.17, 15) is 0 Å². The first-order valence-corrected chi connectivity index (χ1v) is 4.98. The zero-order chi connectivity index (χ0) is 9.80. The van der Waals surface area contributed by atoms with E-state index < -0.39 is 0 Å². The maximum absolute atomic E-state index is 5.86. The predicted molar refractivity (Wildman–Crippen MR) is 55.9 cm³/mol. The minimum Gasteiger partial charge on any atom is -0.371 e. The summed E-state index contributed by atoms with van der Waals surface area (Å²) in [7, 11) is 0. The van der Waals surface area contributed by atoms with Gasteiger partial charge >= 0.3 is 0 Å². The van der Waals surface area contributed by atoms with E-state index in [0.717, 1.165) is 13.1 Å².